The first-order valence-electron chi connectivity index (χ1n) is 5.10. The summed E-state index contributed by atoms with van der Waals surface area (Å²) in [5.74, 6) is -2.44. The minimum Gasteiger partial charge on any atom is -0.503 e. The van der Waals surface area contributed by atoms with Crippen molar-refractivity contribution in [2.75, 3.05) is 12.0 Å². The lowest BCUT2D eigenvalue weighted by Crippen LogP contribution is -2.30. The Morgan fingerprint density at radius 2 is 1.94 bits per heavy atom. The van der Waals surface area contributed by atoms with Crippen molar-refractivity contribution in [1.82, 2.24) is 5.32 Å². The highest BCUT2D eigenvalue weighted by Crippen LogP contribution is 2.21. The maximum absolute atomic E-state index is 13.0. The van der Waals surface area contributed by atoms with Gasteiger partial charge in [0.1, 0.15) is 0 Å². The van der Waals surface area contributed by atoms with Crippen molar-refractivity contribution in [3.05, 3.63) is 29.3 Å². The van der Waals surface area contributed by atoms with Crippen molar-refractivity contribution < 1.29 is 18.1 Å². The fourth-order valence-corrected chi connectivity index (χ4v) is 2.25. The molecule has 0 aromatic heterocycles. The van der Waals surface area contributed by atoms with Crippen molar-refractivity contribution in [3.8, 4) is 5.75 Å². The molecule has 2 unspecified atom stereocenters. The minimum absolute atomic E-state index is 0.0132. The van der Waals surface area contributed by atoms with E-state index in [4.69, 9.17) is 5.11 Å². The monoisotopic (exact) mass is 263 g/mol. The Labute approximate surface area is 101 Å². The molecule has 0 aliphatic carbocycles. The molecule has 1 aromatic carbocycles. The fourth-order valence-electron chi connectivity index (χ4n) is 1.42. The first-order chi connectivity index (χ1) is 7.90. The van der Waals surface area contributed by atoms with Crippen molar-refractivity contribution in [3.63, 3.8) is 0 Å². The van der Waals surface area contributed by atoms with E-state index in [0.717, 1.165) is 12.1 Å². The smallest absolute Gasteiger partial charge is 0.187 e. The van der Waals surface area contributed by atoms with Crippen LogP contribution in [0.1, 0.15) is 12.5 Å². The van der Waals surface area contributed by atoms with Crippen molar-refractivity contribution in [1.29, 1.82) is 0 Å². The average molecular weight is 263 g/mol. The summed E-state index contributed by atoms with van der Waals surface area (Å²) in [5, 5.41) is 11.9. The van der Waals surface area contributed by atoms with E-state index in [0.29, 0.717) is 11.3 Å². The predicted molar refractivity (Wildman–Crippen MR) is 63.3 cm³/mol. The van der Waals surface area contributed by atoms with Crippen LogP contribution in [0.5, 0.6) is 5.75 Å². The molecule has 0 saturated heterocycles. The van der Waals surface area contributed by atoms with Crippen LogP contribution in [0.25, 0.3) is 0 Å². The van der Waals surface area contributed by atoms with Crippen LogP contribution in [0.2, 0.25) is 0 Å². The van der Waals surface area contributed by atoms with Gasteiger partial charge in [-0.3, -0.25) is 4.21 Å². The predicted octanol–water partition coefficient (Wildman–Crippen LogP) is 1.53. The highest BCUT2D eigenvalue weighted by Gasteiger charge is 2.10. The molecule has 2 N–H and O–H groups in total. The molecule has 96 valence electrons. The van der Waals surface area contributed by atoms with E-state index in [1.807, 2.05) is 6.92 Å². The third-order valence-electron chi connectivity index (χ3n) is 2.22. The van der Waals surface area contributed by atoms with Crippen LogP contribution in [-0.4, -0.2) is 27.4 Å². The molecule has 0 heterocycles. The summed E-state index contributed by atoms with van der Waals surface area (Å²) in [6.45, 7) is 2.10. The second-order valence-corrected chi connectivity index (χ2v) is 5.41. The average Bonchev–Trinajstić information content (AvgIpc) is 2.22. The summed E-state index contributed by atoms with van der Waals surface area (Å²) in [6, 6.07) is 2.13. The summed E-state index contributed by atoms with van der Waals surface area (Å²) >= 11 is 0. The zero-order valence-corrected chi connectivity index (χ0v) is 10.5. The number of benzene rings is 1. The van der Waals surface area contributed by atoms with E-state index < -0.39 is 28.2 Å². The summed E-state index contributed by atoms with van der Waals surface area (Å²) < 4.78 is 37.0. The lowest BCUT2D eigenvalue weighted by molar-refractivity contribution is 0.394. The molecule has 0 fully saturated rings. The highest BCUT2D eigenvalue weighted by molar-refractivity contribution is 7.84. The molecule has 0 radical (unpaired) electrons. The third kappa shape index (κ3) is 4.40. The van der Waals surface area contributed by atoms with Gasteiger partial charge in [0.15, 0.2) is 17.4 Å². The van der Waals surface area contributed by atoms with Crippen LogP contribution >= 0.6 is 0 Å². The quantitative estimate of drug-likeness (QED) is 0.847. The lowest BCUT2D eigenvalue weighted by atomic mass is 10.2. The number of phenolic OH excluding ortho intramolecular Hbond substituents is 1. The topological polar surface area (TPSA) is 49.3 Å². The van der Waals surface area contributed by atoms with Crippen LogP contribution in [0, 0.1) is 11.6 Å². The second-order valence-electron chi connectivity index (χ2n) is 3.93. The molecule has 2 atom stereocenters. The van der Waals surface area contributed by atoms with E-state index in [1.165, 1.54) is 0 Å². The van der Waals surface area contributed by atoms with Gasteiger partial charge in [-0.2, -0.15) is 0 Å². The summed E-state index contributed by atoms with van der Waals surface area (Å²) in [6.07, 6.45) is 1.60. The lowest BCUT2D eigenvalue weighted by Gasteiger charge is -2.12. The fraction of sp³-hybridized carbons (Fsp3) is 0.455. The number of rotatable bonds is 5. The number of hydrogen-bond acceptors (Lipinski definition) is 3. The Balaban J connectivity index is 2.61. The van der Waals surface area contributed by atoms with Gasteiger partial charge < -0.3 is 10.4 Å². The van der Waals surface area contributed by atoms with Gasteiger partial charge >= 0.3 is 0 Å². The van der Waals surface area contributed by atoms with Crippen molar-refractivity contribution in [2.24, 2.45) is 0 Å². The van der Waals surface area contributed by atoms with Crippen LogP contribution in [0.4, 0.5) is 8.78 Å². The first kappa shape index (κ1) is 14.1. The second kappa shape index (κ2) is 6.07. The molecule has 0 aliphatic heterocycles. The van der Waals surface area contributed by atoms with Gasteiger partial charge in [0.2, 0.25) is 0 Å². The zero-order valence-electron chi connectivity index (χ0n) is 9.67. The third-order valence-corrected chi connectivity index (χ3v) is 3.19. The number of nitrogens with one attached hydrogen (secondary N) is 1. The van der Waals surface area contributed by atoms with Gasteiger partial charge in [-0.05, 0) is 24.6 Å². The maximum atomic E-state index is 13.0. The zero-order chi connectivity index (χ0) is 13.0. The Morgan fingerprint density at radius 3 is 2.41 bits per heavy atom. The van der Waals surface area contributed by atoms with Gasteiger partial charge in [0.05, 0.1) is 0 Å². The SMILES string of the molecule is CC(CS(C)=O)NCc1cc(F)c(O)c(F)c1. The summed E-state index contributed by atoms with van der Waals surface area (Å²) in [7, 11) is -0.917. The van der Waals surface area contributed by atoms with Crippen molar-refractivity contribution >= 4 is 10.8 Å². The summed E-state index contributed by atoms with van der Waals surface area (Å²) in [5.41, 5.74) is 0.395. The minimum atomic E-state index is -0.978. The Bertz CT molecular complexity index is 403. The van der Waals surface area contributed by atoms with Gasteiger partial charge in [-0.15, -0.1) is 0 Å². The van der Waals surface area contributed by atoms with Crippen molar-refractivity contribution in [2.45, 2.75) is 19.5 Å². The number of hydrogen-bond donors (Lipinski definition) is 2. The van der Waals surface area contributed by atoms with Gasteiger partial charge in [0.25, 0.3) is 0 Å². The van der Waals surface area contributed by atoms with E-state index in [9.17, 15) is 13.0 Å². The Kier molecular flexibility index (Phi) is 5.02. The molecule has 0 aliphatic rings. The molecule has 17 heavy (non-hydrogen) atoms. The van der Waals surface area contributed by atoms with Gasteiger partial charge in [0, 0.05) is 35.4 Å². The number of phenols is 1. The standard InChI is InChI=1S/C11H15F2NO2S/c1-7(6-17(2)16)14-5-8-3-9(12)11(15)10(13)4-8/h3-4,7,14-15H,5-6H2,1-2H3. The van der Waals surface area contributed by atoms with Crippen LogP contribution < -0.4 is 5.32 Å². The number of aromatic hydroxyl groups is 1. The van der Waals surface area contributed by atoms with E-state index in [1.54, 1.807) is 6.26 Å². The van der Waals surface area contributed by atoms with Gasteiger partial charge in [-0.1, -0.05) is 0 Å². The maximum Gasteiger partial charge on any atom is 0.187 e. The molecular formula is C11H15F2NO2S. The molecule has 3 nitrogen and oxygen atoms in total. The molecule has 0 bridgehead atoms. The van der Waals surface area contributed by atoms with E-state index >= 15 is 0 Å². The molecular weight excluding hydrogens is 248 g/mol. The van der Waals surface area contributed by atoms with Crippen LogP contribution in [0.3, 0.4) is 0 Å². The normalized spacial score (nSPS) is 14.6. The Morgan fingerprint density at radius 1 is 1.41 bits per heavy atom. The molecule has 0 spiro atoms. The molecule has 0 saturated carbocycles. The van der Waals surface area contributed by atoms with Crippen LogP contribution in [-0.2, 0) is 17.3 Å². The number of halogens is 2. The molecule has 0 amide bonds. The molecule has 1 rings (SSSR count). The molecule has 6 heteroatoms. The summed E-state index contributed by atoms with van der Waals surface area (Å²) in [4.78, 5) is 0. The van der Waals surface area contributed by atoms with Gasteiger partial charge in [-0.25, -0.2) is 8.78 Å². The Hall–Kier alpha value is -1.01. The largest absolute Gasteiger partial charge is 0.503 e. The molecule has 1 aromatic rings. The highest BCUT2D eigenvalue weighted by atomic mass is 32.2. The first-order valence-corrected chi connectivity index (χ1v) is 6.83. The van der Waals surface area contributed by atoms with E-state index in [-0.39, 0.29) is 12.6 Å². The van der Waals surface area contributed by atoms with E-state index in [2.05, 4.69) is 5.32 Å². The van der Waals surface area contributed by atoms with Crippen LogP contribution in [0.15, 0.2) is 12.1 Å².